The first-order valence-electron chi connectivity index (χ1n) is 5.38. The van der Waals surface area contributed by atoms with Crippen LogP contribution in [0.5, 0.6) is 0 Å². The molecule has 0 aliphatic heterocycles. The zero-order valence-corrected chi connectivity index (χ0v) is 9.53. The summed E-state index contributed by atoms with van der Waals surface area (Å²) in [6, 6.07) is 6.23. The van der Waals surface area contributed by atoms with Gasteiger partial charge in [0.2, 0.25) is 0 Å². The Labute approximate surface area is 91.5 Å². The lowest BCUT2D eigenvalue weighted by atomic mass is 10.1. The van der Waals surface area contributed by atoms with E-state index in [0.29, 0.717) is 13.1 Å². The number of nitrogens with two attached hydrogens (primary N) is 1. The lowest BCUT2D eigenvalue weighted by Crippen LogP contribution is -2.26. The smallest absolute Gasteiger partial charge is 0.0606 e. The Hall–Kier alpha value is -1.06. The first-order valence-corrected chi connectivity index (χ1v) is 5.38. The van der Waals surface area contributed by atoms with Gasteiger partial charge >= 0.3 is 0 Å². The number of rotatable bonds is 5. The summed E-state index contributed by atoms with van der Waals surface area (Å²) >= 11 is 0. The highest BCUT2D eigenvalue weighted by molar-refractivity contribution is 5.54. The van der Waals surface area contributed by atoms with Crippen LogP contribution in [0.15, 0.2) is 18.2 Å². The predicted octanol–water partition coefficient (Wildman–Crippen LogP) is 1.27. The molecule has 1 aromatic carbocycles. The summed E-state index contributed by atoms with van der Waals surface area (Å²) in [4.78, 5) is 2.16. The first kappa shape index (κ1) is 12.0. The van der Waals surface area contributed by atoms with Crippen LogP contribution in [0.3, 0.4) is 0 Å². The Balaban J connectivity index is 2.92. The van der Waals surface area contributed by atoms with Gasteiger partial charge in [-0.2, -0.15) is 0 Å². The van der Waals surface area contributed by atoms with E-state index < -0.39 is 0 Å². The molecular weight excluding hydrogens is 188 g/mol. The molecular formula is C12H20N2O. The van der Waals surface area contributed by atoms with Crippen molar-refractivity contribution in [1.29, 1.82) is 0 Å². The summed E-state index contributed by atoms with van der Waals surface area (Å²) in [7, 11) is 0. The van der Waals surface area contributed by atoms with Gasteiger partial charge in [-0.3, -0.25) is 0 Å². The largest absolute Gasteiger partial charge is 0.395 e. The van der Waals surface area contributed by atoms with E-state index in [1.165, 1.54) is 11.3 Å². The van der Waals surface area contributed by atoms with Crippen molar-refractivity contribution in [3.63, 3.8) is 0 Å². The Morgan fingerprint density at radius 2 is 2.13 bits per heavy atom. The molecule has 0 unspecified atom stereocenters. The minimum atomic E-state index is 0.186. The van der Waals surface area contributed by atoms with Gasteiger partial charge in [0.15, 0.2) is 0 Å². The van der Waals surface area contributed by atoms with Crippen molar-refractivity contribution in [2.24, 2.45) is 5.73 Å². The summed E-state index contributed by atoms with van der Waals surface area (Å²) in [5.41, 5.74) is 9.13. The van der Waals surface area contributed by atoms with Crippen molar-refractivity contribution in [3.05, 3.63) is 29.3 Å². The number of aliphatic hydroxyl groups is 1. The molecule has 0 aromatic heterocycles. The molecule has 3 heteroatoms. The van der Waals surface area contributed by atoms with E-state index in [0.717, 1.165) is 12.1 Å². The second-order valence-electron chi connectivity index (χ2n) is 3.63. The van der Waals surface area contributed by atoms with Crippen molar-refractivity contribution in [2.75, 3.05) is 24.6 Å². The highest BCUT2D eigenvalue weighted by Gasteiger charge is 2.06. The van der Waals surface area contributed by atoms with Gasteiger partial charge in [0.05, 0.1) is 6.61 Å². The van der Waals surface area contributed by atoms with E-state index in [1.54, 1.807) is 0 Å². The molecule has 0 atom stereocenters. The van der Waals surface area contributed by atoms with Crippen LogP contribution in [0.25, 0.3) is 0 Å². The summed E-state index contributed by atoms with van der Waals surface area (Å²) in [6.45, 7) is 6.52. The molecule has 0 spiro atoms. The van der Waals surface area contributed by atoms with Crippen LogP contribution in [-0.2, 0) is 6.54 Å². The lowest BCUT2D eigenvalue weighted by molar-refractivity contribution is 0.302. The fourth-order valence-electron chi connectivity index (χ4n) is 1.77. The molecule has 0 radical (unpaired) electrons. The van der Waals surface area contributed by atoms with Crippen LogP contribution in [0.1, 0.15) is 18.1 Å². The molecule has 3 N–H and O–H groups in total. The van der Waals surface area contributed by atoms with Gasteiger partial charge in [0, 0.05) is 25.3 Å². The summed E-state index contributed by atoms with van der Waals surface area (Å²) in [5, 5.41) is 8.96. The minimum absolute atomic E-state index is 0.186. The summed E-state index contributed by atoms with van der Waals surface area (Å²) in [5.74, 6) is 0. The van der Waals surface area contributed by atoms with Gasteiger partial charge in [-0.25, -0.2) is 0 Å². The maximum atomic E-state index is 8.96. The monoisotopic (exact) mass is 208 g/mol. The number of hydrogen-bond donors (Lipinski definition) is 2. The van der Waals surface area contributed by atoms with E-state index in [4.69, 9.17) is 10.8 Å². The van der Waals surface area contributed by atoms with Crippen LogP contribution in [0, 0.1) is 6.92 Å². The van der Waals surface area contributed by atoms with Gasteiger partial charge in [-0.15, -0.1) is 0 Å². The molecule has 0 bridgehead atoms. The third kappa shape index (κ3) is 2.94. The van der Waals surface area contributed by atoms with Crippen LogP contribution in [0.4, 0.5) is 5.69 Å². The summed E-state index contributed by atoms with van der Waals surface area (Å²) in [6.07, 6.45) is 0. The molecule has 84 valence electrons. The van der Waals surface area contributed by atoms with Crippen molar-refractivity contribution >= 4 is 5.69 Å². The lowest BCUT2D eigenvalue weighted by Gasteiger charge is -2.24. The third-order valence-electron chi connectivity index (χ3n) is 2.59. The zero-order chi connectivity index (χ0) is 11.3. The van der Waals surface area contributed by atoms with E-state index in [1.807, 2.05) is 6.07 Å². The highest BCUT2D eigenvalue weighted by Crippen LogP contribution is 2.20. The third-order valence-corrected chi connectivity index (χ3v) is 2.59. The topological polar surface area (TPSA) is 49.5 Å². The minimum Gasteiger partial charge on any atom is -0.395 e. The predicted molar refractivity (Wildman–Crippen MR) is 64.0 cm³/mol. The number of anilines is 1. The average molecular weight is 208 g/mol. The molecule has 0 heterocycles. The average Bonchev–Trinajstić information content (AvgIpc) is 2.26. The molecule has 0 fully saturated rings. The zero-order valence-electron chi connectivity index (χ0n) is 9.53. The van der Waals surface area contributed by atoms with Crippen LogP contribution in [-0.4, -0.2) is 24.8 Å². The van der Waals surface area contributed by atoms with E-state index >= 15 is 0 Å². The number of hydrogen-bond acceptors (Lipinski definition) is 3. The second kappa shape index (κ2) is 5.73. The summed E-state index contributed by atoms with van der Waals surface area (Å²) < 4.78 is 0. The maximum Gasteiger partial charge on any atom is 0.0606 e. The molecule has 0 saturated carbocycles. The molecule has 1 aromatic rings. The molecule has 0 aliphatic carbocycles. The fourth-order valence-corrected chi connectivity index (χ4v) is 1.77. The van der Waals surface area contributed by atoms with Crippen molar-refractivity contribution in [3.8, 4) is 0 Å². The van der Waals surface area contributed by atoms with Gasteiger partial charge in [-0.05, 0) is 31.0 Å². The number of likely N-dealkylation sites (N-methyl/N-ethyl adjacent to an activating group) is 1. The Bertz CT molecular complexity index is 312. The second-order valence-corrected chi connectivity index (χ2v) is 3.63. The SMILES string of the molecule is CCN(CCO)c1ccc(CN)cc1C. The van der Waals surface area contributed by atoms with Gasteiger partial charge in [0.1, 0.15) is 0 Å². The van der Waals surface area contributed by atoms with Gasteiger partial charge in [-0.1, -0.05) is 12.1 Å². The molecule has 3 nitrogen and oxygen atoms in total. The van der Waals surface area contributed by atoms with Crippen molar-refractivity contribution in [1.82, 2.24) is 0 Å². The van der Waals surface area contributed by atoms with Crippen molar-refractivity contribution < 1.29 is 5.11 Å². The van der Waals surface area contributed by atoms with Crippen molar-refractivity contribution in [2.45, 2.75) is 20.4 Å². The maximum absolute atomic E-state index is 8.96. The van der Waals surface area contributed by atoms with Gasteiger partial charge < -0.3 is 15.7 Å². The molecule has 15 heavy (non-hydrogen) atoms. The van der Waals surface area contributed by atoms with E-state index in [-0.39, 0.29) is 6.61 Å². The van der Waals surface area contributed by atoms with E-state index in [9.17, 15) is 0 Å². The highest BCUT2D eigenvalue weighted by atomic mass is 16.3. The van der Waals surface area contributed by atoms with Gasteiger partial charge in [0.25, 0.3) is 0 Å². The van der Waals surface area contributed by atoms with Crippen LogP contribution >= 0.6 is 0 Å². The molecule has 0 amide bonds. The molecule has 0 saturated heterocycles. The van der Waals surface area contributed by atoms with Crippen LogP contribution in [0.2, 0.25) is 0 Å². The molecule has 0 aliphatic rings. The van der Waals surface area contributed by atoms with Crippen LogP contribution < -0.4 is 10.6 Å². The normalized spacial score (nSPS) is 10.4. The number of aliphatic hydroxyl groups excluding tert-OH is 1. The Kier molecular flexibility index (Phi) is 4.59. The number of benzene rings is 1. The Morgan fingerprint density at radius 1 is 1.40 bits per heavy atom. The number of aryl methyl sites for hydroxylation is 1. The van der Waals surface area contributed by atoms with E-state index in [2.05, 4.69) is 30.9 Å². The first-order chi connectivity index (χ1) is 7.22. The number of nitrogens with zero attached hydrogens (tertiary/aromatic N) is 1. The fraction of sp³-hybridized carbons (Fsp3) is 0.500. The standard InChI is InChI=1S/C12H20N2O/c1-3-14(6-7-15)12-5-4-11(9-13)8-10(12)2/h4-5,8,15H,3,6-7,9,13H2,1-2H3. The quantitative estimate of drug-likeness (QED) is 0.766. The Morgan fingerprint density at radius 3 is 2.60 bits per heavy atom. The molecule has 1 rings (SSSR count).